The molecule has 0 radical (unpaired) electrons. The van der Waals surface area contributed by atoms with Gasteiger partial charge < -0.3 is 20.1 Å². The first-order valence-corrected chi connectivity index (χ1v) is 8.51. The average Bonchev–Trinajstić information content (AvgIpc) is 3.20. The molecule has 2 aliphatic heterocycles. The number of carbonyl (C=O) groups excluding carboxylic acids is 2. The number of nitrogens with zero attached hydrogens (tertiary/aromatic N) is 2. The van der Waals surface area contributed by atoms with Gasteiger partial charge in [-0.3, -0.25) is 4.79 Å². The van der Waals surface area contributed by atoms with Crippen molar-refractivity contribution in [2.45, 2.75) is 19.4 Å². The van der Waals surface area contributed by atoms with Gasteiger partial charge in [0, 0.05) is 43.1 Å². The lowest BCUT2D eigenvalue weighted by molar-refractivity contribution is -0.122. The molecule has 2 atom stereocenters. The van der Waals surface area contributed by atoms with Crippen molar-refractivity contribution in [3.8, 4) is 0 Å². The van der Waals surface area contributed by atoms with E-state index in [-0.39, 0.29) is 23.8 Å². The zero-order valence-electron chi connectivity index (χ0n) is 13.8. The van der Waals surface area contributed by atoms with Crippen molar-refractivity contribution in [2.75, 3.05) is 31.1 Å². The Labute approximate surface area is 140 Å². The number of carbonyl (C=O) groups is 2. The van der Waals surface area contributed by atoms with E-state index in [1.165, 1.54) is 5.39 Å². The van der Waals surface area contributed by atoms with Gasteiger partial charge in [0.15, 0.2) is 0 Å². The number of Topliss-reactive ketones (excluding diaryl/α,β-unsaturated/α-hetero) is 1. The fourth-order valence-corrected chi connectivity index (χ4v) is 3.96. The van der Waals surface area contributed by atoms with Gasteiger partial charge in [-0.25, -0.2) is 4.79 Å². The lowest BCUT2D eigenvalue weighted by Crippen LogP contribution is -2.54. The molecule has 0 spiro atoms. The Morgan fingerprint density at radius 1 is 1.25 bits per heavy atom. The average molecular weight is 326 g/mol. The Hall–Kier alpha value is -2.50. The fourth-order valence-electron chi connectivity index (χ4n) is 3.96. The molecule has 2 N–H and O–H groups in total. The number of rotatable bonds is 3. The number of anilines is 1. The van der Waals surface area contributed by atoms with Crippen molar-refractivity contribution < 1.29 is 9.59 Å². The van der Waals surface area contributed by atoms with Gasteiger partial charge in [-0.05, 0) is 25.5 Å². The van der Waals surface area contributed by atoms with Crippen LogP contribution in [0, 0.1) is 5.92 Å². The molecular weight excluding hydrogens is 304 g/mol. The standard InChI is InChI=1S/C18H22N4O2/c1-12(23)14-11-21(8-6-16(14)22-9-7-19-18(22)24)17-10-13-4-2-3-5-15(13)20-17/h2-5,10,14,16,20H,6-9,11H2,1H3,(H,19,24). The van der Waals surface area contributed by atoms with Crippen LogP contribution in [0.2, 0.25) is 0 Å². The SMILES string of the molecule is CC(=O)C1CN(c2cc3ccccc3[nH]2)CCC1N1CCNC1=O. The summed E-state index contributed by atoms with van der Waals surface area (Å²) < 4.78 is 0. The number of nitrogens with one attached hydrogen (secondary N) is 2. The van der Waals surface area contributed by atoms with E-state index in [0.29, 0.717) is 19.6 Å². The molecule has 0 bridgehead atoms. The third-order valence-electron chi connectivity index (χ3n) is 5.25. The molecule has 6 heteroatoms. The summed E-state index contributed by atoms with van der Waals surface area (Å²) in [4.78, 5) is 31.7. The molecule has 0 aliphatic carbocycles. The summed E-state index contributed by atoms with van der Waals surface area (Å²) >= 11 is 0. The summed E-state index contributed by atoms with van der Waals surface area (Å²) in [5.41, 5.74) is 1.10. The smallest absolute Gasteiger partial charge is 0.317 e. The molecule has 24 heavy (non-hydrogen) atoms. The summed E-state index contributed by atoms with van der Waals surface area (Å²) in [7, 11) is 0. The molecule has 0 saturated carbocycles. The number of hydrogen-bond acceptors (Lipinski definition) is 3. The van der Waals surface area contributed by atoms with Gasteiger partial charge >= 0.3 is 6.03 Å². The maximum atomic E-state index is 12.2. The minimum absolute atomic E-state index is 0.00521. The number of hydrogen-bond donors (Lipinski definition) is 2. The van der Waals surface area contributed by atoms with E-state index in [2.05, 4.69) is 33.4 Å². The van der Waals surface area contributed by atoms with Crippen molar-refractivity contribution in [3.63, 3.8) is 0 Å². The summed E-state index contributed by atoms with van der Waals surface area (Å²) in [6.45, 7) is 4.49. The molecule has 4 rings (SSSR count). The van der Waals surface area contributed by atoms with E-state index in [4.69, 9.17) is 0 Å². The van der Waals surface area contributed by atoms with Crippen LogP contribution < -0.4 is 10.2 Å². The van der Waals surface area contributed by atoms with E-state index in [0.717, 1.165) is 24.3 Å². The van der Waals surface area contributed by atoms with Crippen LogP contribution in [0.5, 0.6) is 0 Å². The highest BCUT2D eigenvalue weighted by molar-refractivity contribution is 5.85. The molecule has 2 fully saturated rings. The van der Waals surface area contributed by atoms with Crippen molar-refractivity contribution in [3.05, 3.63) is 30.3 Å². The van der Waals surface area contributed by atoms with Gasteiger partial charge in [-0.1, -0.05) is 18.2 Å². The zero-order chi connectivity index (χ0) is 16.7. The van der Waals surface area contributed by atoms with E-state index < -0.39 is 0 Å². The van der Waals surface area contributed by atoms with Crippen LogP contribution in [0.3, 0.4) is 0 Å². The number of para-hydroxylation sites is 1. The molecule has 2 saturated heterocycles. The number of ketones is 1. The third kappa shape index (κ3) is 2.52. The number of amides is 2. The van der Waals surface area contributed by atoms with Crippen LogP contribution in [-0.4, -0.2) is 53.9 Å². The van der Waals surface area contributed by atoms with Gasteiger partial charge in [0.2, 0.25) is 0 Å². The molecule has 2 aromatic rings. The monoisotopic (exact) mass is 326 g/mol. The van der Waals surface area contributed by atoms with Gasteiger partial charge in [-0.2, -0.15) is 0 Å². The number of aromatic amines is 1. The van der Waals surface area contributed by atoms with E-state index in [9.17, 15) is 9.59 Å². The second-order valence-electron chi connectivity index (χ2n) is 6.69. The number of piperidine rings is 1. The maximum absolute atomic E-state index is 12.2. The van der Waals surface area contributed by atoms with E-state index in [1.807, 2.05) is 17.0 Å². The van der Waals surface area contributed by atoms with Crippen LogP contribution in [0.25, 0.3) is 10.9 Å². The van der Waals surface area contributed by atoms with Crippen LogP contribution in [0.1, 0.15) is 13.3 Å². The lowest BCUT2D eigenvalue weighted by atomic mass is 9.88. The predicted octanol–water partition coefficient (Wildman–Crippen LogP) is 1.98. The highest BCUT2D eigenvalue weighted by atomic mass is 16.2. The quantitative estimate of drug-likeness (QED) is 0.906. The Balaban J connectivity index is 1.57. The Kier molecular flexibility index (Phi) is 3.67. The fraction of sp³-hybridized carbons (Fsp3) is 0.444. The first-order chi connectivity index (χ1) is 11.6. The first kappa shape index (κ1) is 15.1. The minimum Gasteiger partial charge on any atom is -0.357 e. The van der Waals surface area contributed by atoms with Gasteiger partial charge in [0.05, 0.1) is 5.92 Å². The molecule has 2 unspecified atom stereocenters. The number of benzene rings is 1. The van der Waals surface area contributed by atoms with Crippen molar-refractivity contribution in [2.24, 2.45) is 5.92 Å². The molecule has 1 aromatic heterocycles. The number of urea groups is 1. The van der Waals surface area contributed by atoms with Gasteiger partial charge in [-0.15, -0.1) is 0 Å². The molecule has 2 amide bonds. The van der Waals surface area contributed by atoms with Crippen molar-refractivity contribution in [1.82, 2.24) is 15.2 Å². The minimum atomic E-state index is -0.144. The molecule has 3 heterocycles. The zero-order valence-corrected chi connectivity index (χ0v) is 13.8. The predicted molar refractivity (Wildman–Crippen MR) is 93.2 cm³/mol. The van der Waals surface area contributed by atoms with Crippen LogP contribution in [0.4, 0.5) is 10.6 Å². The third-order valence-corrected chi connectivity index (χ3v) is 5.25. The first-order valence-electron chi connectivity index (χ1n) is 8.51. The van der Waals surface area contributed by atoms with Crippen LogP contribution in [-0.2, 0) is 4.79 Å². The largest absolute Gasteiger partial charge is 0.357 e. The Morgan fingerprint density at radius 2 is 2.08 bits per heavy atom. The molecule has 6 nitrogen and oxygen atoms in total. The maximum Gasteiger partial charge on any atom is 0.317 e. The Bertz CT molecular complexity index is 751. The second-order valence-corrected chi connectivity index (χ2v) is 6.69. The van der Waals surface area contributed by atoms with E-state index >= 15 is 0 Å². The topological polar surface area (TPSA) is 68.4 Å². The number of aromatic nitrogens is 1. The highest BCUT2D eigenvalue weighted by Gasteiger charge is 2.39. The second kappa shape index (κ2) is 5.85. The summed E-state index contributed by atoms with van der Waals surface area (Å²) in [6.07, 6.45) is 0.813. The number of fused-ring (bicyclic) bond motifs is 1. The van der Waals surface area contributed by atoms with Crippen LogP contribution >= 0.6 is 0 Å². The number of H-pyrrole nitrogens is 1. The highest BCUT2D eigenvalue weighted by Crippen LogP contribution is 2.29. The van der Waals surface area contributed by atoms with Crippen molar-refractivity contribution in [1.29, 1.82) is 0 Å². The Morgan fingerprint density at radius 3 is 2.79 bits per heavy atom. The molecular formula is C18H22N4O2. The normalized spacial score (nSPS) is 24.5. The molecule has 1 aromatic carbocycles. The molecule has 126 valence electrons. The van der Waals surface area contributed by atoms with Crippen molar-refractivity contribution >= 4 is 28.5 Å². The van der Waals surface area contributed by atoms with Gasteiger partial charge in [0.25, 0.3) is 0 Å². The summed E-state index contributed by atoms with van der Waals surface area (Å²) in [6, 6.07) is 10.3. The lowest BCUT2D eigenvalue weighted by Gasteiger charge is -2.41. The summed E-state index contributed by atoms with van der Waals surface area (Å²) in [5.74, 6) is 1.06. The molecule has 2 aliphatic rings. The van der Waals surface area contributed by atoms with Gasteiger partial charge in [0.1, 0.15) is 11.6 Å². The summed E-state index contributed by atoms with van der Waals surface area (Å²) in [5, 5.41) is 4.02. The van der Waals surface area contributed by atoms with Crippen LogP contribution in [0.15, 0.2) is 30.3 Å². The van der Waals surface area contributed by atoms with E-state index in [1.54, 1.807) is 6.92 Å².